The Kier molecular flexibility index (Phi) is 10.9. The Bertz CT molecular complexity index is 790. The molecule has 0 spiro atoms. The van der Waals surface area contributed by atoms with Gasteiger partial charge >= 0.3 is 6.03 Å². The number of carbonyl (C=O) groups is 1. The lowest BCUT2D eigenvalue weighted by Crippen LogP contribution is -2.51. The van der Waals surface area contributed by atoms with Gasteiger partial charge in [0.05, 0.1) is 20.8 Å². The molecule has 1 aromatic carbocycles. The molecule has 2 fully saturated rings. The molecule has 0 atom stereocenters. The number of rotatable bonds is 7. The minimum absolute atomic E-state index is 0. The van der Waals surface area contributed by atoms with Crippen molar-refractivity contribution < 1.29 is 14.3 Å². The number of aliphatic imine (C=N–C) groups is 1. The van der Waals surface area contributed by atoms with Crippen molar-refractivity contribution in [2.45, 2.75) is 63.3 Å². The van der Waals surface area contributed by atoms with Crippen LogP contribution in [0.3, 0.4) is 0 Å². The van der Waals surface area contributed by atoms with Crippen molar-refractivity contribution in [1.82, 2.24) is 15.5 Å². The number of methoxy groups -OCH3 is 2. The molecule has 1 saturated carbocycles. The predicted molar refractivity (Wildman–Crippen MR) is 143 cm³/mol. The molecule has 1 heterocycles. The standard InChI is InChI=1S/C24H39N5O3.HI/c1-4-26-23(28-19-10-14-29(15-11-19)22(25)30)27-17-24(12-6-5-7-13-24)18-8-9-20(31-2)21(16-18)32-3;/h8-9,16,19H,4-7,10-15,17H2,1-3H3,(H2,25,30)(H2,26,27,28);1H. The minimum atomic E-state index is -0.335. The molecule has 0 bridgehead atoms. The summed E-state index contributed by atoms with van der Waals surface area (Å²) in [5.74, 6) is 2.36. The molecule has 1 aromatic rings. The van der Waals surface area contributed by atoms with Crippen LogP contribution in [0.15, 0.2) is 23.2 Å². The van der Waals surface area contributed by atoms with Crippen LogP contribution in [0.4, 0.5) is 4.79 Å². The van der Waals surface area contributed by atoms with Gasteiger partial charge in [0.15, 0.2) is 17.5 Å². The van der Waals surface area contributed by atoms with Crippen LogP contribution in [0.2, 0.25) is 0 Å². The number of nitrogens with two attached hydrogens (primary N) is 1. The first kappa shape index (κ1) is 27.3. The number of guanidine groups is 1. The number of urea groups is 1. The van der Waals surface area contributed by atoms with E-state index in [9.17, 15) is 4.79 Å². The highest BCUT2D eigenvalue weighted by atomic mass is 127. The van der Waals surface area contributed by atoms with E-state index in [0.717, 1.165) is 56.2 Å². The summed E-state index contributed by atoms with van der Waals surface area (Å²) in [5.41, 5.74) is 6.68. The summed E-state index contributed by atoms with van der Waals surface area (Å²) in [7, 11) is 3.35. The van der Waals surface area contributed by atoms with Crippen LogP contribution in [-0.2, 0) is 5.41 Å². The molecule has 4 N–H and O–H groups in total. The van der Waals surface area contributed by atoms with Gasteiger partial charge in [-0.25, -0.2) is 4.79 Å². The van der Waals surface area contributed by atoms with Crippen LogP contribution in [0, 0.1) is 0 Å². The Balaban J connectivity index is 0.00000385. The zero-order chi connectivity index (χ0) is 23.0. The molecule has 186 valence electrons. The largest absolute Gasteiger partial charge is 0.493 e. The van der Waals surface area contributed by atoms with Gasteiger partial charge in [-0.2, -0.15) is 0 Å². The topological polar surface area (TPSA) is 101 Å². The highest BCUT2D eigenvalue weighted by Gasteiger charge is 2.35. The van der Waals surface area contributed by atoms with E-state index >= 15 is 0 Å². The third kappa shape index (κ3) is 7.04. The lowest BCUT2D eigenvalue weighted by molar-refractivity contribution is 0.188. The Labute approximate surface area is 215 Å². The Morgan fingerprint density at radius 2 is 1.82 bits per heavy atom. The number of nitrogens with one attached hydrogen (secondary N) is 2. The maximum absolute atomic E-state index is 11.4. The lowest BCUT2D eigenvalue weighted by atomic mass is 9.69. The third-order valence-electron chi connectivity index (χ3n) is 6.84. The van der Waals surface area contributed by atoms with Gasteiger partial charge in [0.1, 0.15) is 0 Å². The van der Waals surface area contributed by atoms with E-state index in [-0.39, 0.29) is 41.5 Å². The van der Waals surface area contributed by atoms with Crippen LogP contribution >= 0.6 is 24.0 Å². The van der Waals surface area contributed by atoms with Gasteiger partial charge < -0.3 is 30.7 Å². The third-order valence-corrected chi connectivity index (χ3v) is 6.84. The maximum atomic E-state index is 11.4. The van der Waals surface area contributed by atoms with Crippen molar-refractivity contribution in [2.24, 2.45) is 10.7 Å². The normalized spacial score (nSPS) is 18.8. The smallest absolute Gasteiger partial charge is 0.314 e. The summed E-state index contributed by atoms with van der Waals surface area (Å²) in [4.78, 5) is 18.1. The van der Waals surface area contributed by atoms with E-state index in [1.165, 1.54) is 24.8 Å². The fourth-order valence-electron chi connectivity index (χ4n) is 4.92. The molecule has 9 heteroatoms. The number of primary amides is 1. The van der Waals surface area contributed by atoms with Gasteiger partial charge in [0.2, 0.25) is 0 Å². The average Bonchev–Trinajstić information content (AvgIpc) is 2.83. The Morgan fingerprint density at radius 1 is 1.15 bits per heavy atom. The maximum Gasteiger partial charge on any atom is 0.314 e. The van der Waals surface area contributed by atoms with Crippen molar-refractivity contribution in [1.29, 1.82) is 0 Å². The number of amides is 2. The highest BCUT2D eigenvalue weighted by Crippen LogP contribution is 2.42. The number of piperidine rings is 1. The number of ether oxygens (including phenoxy) is 2. The monoisotopic (exact) mass is 573 g/mol. The van der Waals surface area contributed by atoms with Gasteiger partial charge in [-0.1, -0.05) is 25.3 Å². The predicted octanol–water partition coefficient (Wildman–Crippen LogP) is 3.62. The summed E-state index contributed by atoms with van der Waals surface area (Å²) in [6.07, 6.45) is 7.65. The van der Waals surface area contributed by atoms with Gasteiger partial charge in [-0.05, 0) is 50.3 Å². The number of benzene rings is 1. The molecule has 2 amide bonds. The van der Waals surface area contributed by atoms with Crippen molar-refractivity contribution in [2.75, 3.05) is 40.4 Å². The molecule has 0 radical (unpaired) electrons. The molecule has 8 nitrogen and oxygen atoms in total. The van der Waals surface area contributed by atoms with E-state index in [4.69, 9.17) is 20.2 Å². The summed E-state index contributed by atoms with van der Waals surface area (Å²) in [6.45, 7) is 4.97. The first-order chi connectivity index (χ1) is 15.5. The molecule has 2 aliphatic rings. The minimum Gasteiger partial charge on any atom is -0.493 e. The van der Waals surface area contributed by atoms with Gasteiger partial charge in [-0.15, -0.1) is 24.0 Å². The number of likely N-dealkylation sites (tertiary alicyclic amines) is 1. The average molecular weight is 574 g/mol. The molecular weight excluding hydrogens is 533 g/mol. The van der Waals surface area contributed by atoms with Crippen LogP contribution in [0.5, 0.6) is 11.5 Å². The number of hydrogen-bond donors (Lipinski definition) is 3. The molecule has 0 aromatic heterocycles. The summed E-state index contributed by atoms with van der Waals surface area (Å²) >= 11 is 0. The number of halogens is 1. The van der Waals surface area contributed by atoms with E-state index < -0.39 is 0 Å². The lowest BCUT2D eigenvalue weighted by Gasteiger charge is -2.37. The molecule has 33 heavy (non-hydrogen) atoms. The fourth-order valence-corrected chi connectivity index (χ4v) is 4.92. The van der Waals surface area contributed by atoms with Gasteiger partial charge in [0.25, 0.3) is 0 Å². The quantitative estimate of drug-likeness (QED) is 0.263. The molecule has 1 aliphatic carbocycles. The number of hydrogen-bond acceptors (Lipinski definition) is 4. The van der Waals surface area contributed by atoms with Crippen LogP contribution in [0.1, 0.15) is 57.4 Å². The SMILES string of the molecule is CCNC(=NCC1(c2ccc(OC)c(OC)c2)CCCCC1)NC1CCN(C(N)=O)CC1.I. The summed E-state index contributed by atoms with van der Waals surface area (Å²) < 4.78 is 11.0. The first-order valence-corrected chi connectivity index (χ1v) is 11.8. The Morgan fingerprint density at radius 3 is 2.39 bits per heavy atom. The van der Waals surface area contributed by atoms with E-state index in [0.29, 0.717) is 13.1 Å². The highest BCUT2D eigenvalue weighted by molar-refractivity contribution is 14.0. The van der Waals surface area contributed by atoms with Gasteiger partial charge in [-0.3, -0.25) is 4.99 Å². The second-order valence-electron chi connectivity index (χ2n) is 8.85. The Hall–Kier alpha value is -1.91. The van der Waals surface area contributed by atoms with Crippen molar-refractivity contribution in [3.63, 3.8) is 0 Å². The van der Waals surface area contributed by atoms with E-state index in [2.05, 4.69) is 29.7 Å². The number of nitrogens with zero attached hydrogens (tertiary/aromatic N) is 2. The zero-order valence-electron chi connectivity index (χ0n) is 20.2. The molecular formula is C24H40IN5O3. The summed E-state index contributed by atoms with van der Waals surface area (Å²) in [6, 6.07) is 6.25. The van der Waals surface area contributed by atoms with Crippen molar-refractivity contribution in [3.05, 3.63) is 23.8 Å². The van der Waals surface area contributed by atoms with Gasteiger partial charge in [0, 0.05) is 31.1 Å². The molecule has 0 unspecified atom stereocenters. The second-order valence-corrected chi connectivity index (χ2v) is 8.85. The van der Waals surface area contributed by atoms with E-state index in [1.54, 1.807) is 19.1 Å². The van der Waals surface area contributed by atoms with E-state index in [1.807, 2.05) is 6.07 Å². The first-order valence-electron chi connectivity index (χ1n) is 11.8. The van der Waals surface area contributed by atoms with Crippen molar-refractivity contribution >= 4 is 36.0 Å². The summed E-state index contributed by atoms with van der Waals surface area (Å²) in [5, 5.41) is 6.98. The fraction of sp³-hybridized carbons (Fsp3) is 0.667. The molecule has 3 rings (SSSR count). The zero-order valence-corrected chi connectivity index (χ0v) is 22.5. The van der Waals surface area contributed by atoms with Crippen LogP contribution in [-0.4, -0.2) is 63.3 Å². The number of carbonyl (C=O) groups excluding carboxylic acids is 1. The van der Waals surface area contributed by atoms with Crippen LogP contribution in [0.25, 0.3) is 0 Å². The second kappa shape index (κ2) is 13.1. The molecule has 1 aliphatic heterocycles. The van der Waals surface area contributed by atoms with Crippen molar-refractivity contribution in [3.8, 4) is 11.5 Å². The molecule has 1 saturated heterocycles. The van der Waals surface area contributed by atoms with Crippen LogP contribution < -0.4 is 25.8 Å².